The molecule has 0 atom stereocenters. The van der Waals surface area contributed by atoms with E-state index in [1.54, 1.807) is 42.5 Å². The minimum Gasteiger partial charge on any atom is -0.495 e. The van der Waals surface area contributed by atoms with Crippen LogP contribution in [0.3, 0.4) is 0 Å². The molecule has 0 saturated carbocycles. The lowest BCUT2D eigenvalue weighted by Crippen LogP contribution is -2.38. The van der Waals surface area contributed by atoms with Crippen LogP contribution in [0.25, 0.3) is 0 Å². The molecule has 0 aliphatic rings. The number of sulfonamides is 1. The summed E-state index contributed by atoms with van der Waals surface area (Å²) < 4.78 is 32.7. The van der Waals surface area contributed by atoms with Crippen LogP contribution in [0, 0.1) is 0 Å². The van der Waals surface area contributed by atoms with Gasteiger partial charge in [-0.2, -0.15) is 0 Å². The molecule has 6 nitrogen and oxygen atoms in total. The first-order valence-corrected chi connectivity index (χ1v) is 11.0. The van der Waals surface area contributed by atoms with E-state index >= 15 is 0 Å². The van der Waals surface area contributed by atoms with E-state index in [0.717, 1.165) is 4.31 Å². The lowest BCUT2D eigenvalue weighted by Gasteiger charge is -2.24. The van der Waals surface area contributed by atoms with E-state index in [0.29, 0.717) is 27.2 Å². The van der Waals surface area contributed by atoms with E-state index in [1.807, 2.05) is 0 Å². The van der Waals surface area contributed by atoms with E-state index in [1.165, 1.54) is 37.4 Å². The maximum absolute atomic E-state index is 13.3. The van der Waals surface area contributed by atoms with Crippen LogP contribution in [0.2, 0.25) is 10.0 Å². The van der Waals surface area contributed by atoms with Crippen molar-refractivity contribution in [1.29, 1.82) is 0 Å². The number of anilines is 2. The van der Waals surface area contributed by atoms with Crippen LogP contribution in [-0.4, -0.2) is 28.0 Å². The average Bonchev–Trinajstić information content (AvgIpc) is 2.73. The fraction of sp³-hybridized carbons (Fsp3) is 0.0952. The lowest BCUT2D eigenvalue weighted by molar-refractivity contribution is -0.114. The van der Waals surface area contributed by atoms with Gasteiger partial charge in [-0.25, -0.2) is 8.42 Å². The van der Waals surface area contributed by atoms with Gasteiger partial charge in [0.25, 0.3) is 10.0 Å². The Morgan fingerprint density at radius 1 is 0.967 bits per heavy atom. The molecule has 0 saturated heterocycles. The summed E-state index contributed by atoms with van der Waals surface area (Å²) in [6.07, 6.45) is 0. The number of amides is 1. The Balaban J connectivity index is 1.94. The normalized spacial score (nSPS) is 11.0. The molecule has 3 rings (SSSR count). The Labute approximate surface area is 185 Å². The summed E-state index contributed by atoms with van der Waals surface area (Å²) in [5, 5.41) is 3.51. The molecule has 0 heterocycles. The molecule has 1 N–H and O–H groups in total. The standard InChI is InChI=1S/C21H18Cl2N2O4S/c1-29-20-12-9-16(23)13-19(20)24-21(26)14-25(17-10-7-15(22)8-11-17)30(27,28)18-5-3-2-4-6-18/h2-13H,14H2,1H3,(H,24,26). The van der Waals surface area contributed by atoms with Gasteiger partial charge in [0.1, 0.15) is 12.3 Å². The molecule has 1 amide bonds. The number of nitrogens with zero attached hydrogens (tertiary/aromatic N) is 1. The molecule has 0 aliphatic carbocycles. The second kappa shape index (κ2) is 9.38. The zero-order chi connectivity index (χ0) is 21.7. The summed E-state index contributed by atoms with van der Waals surface area (Å²) in [7, 11) is -2.55. The predicted molar refractivity (Wildman–Crippen MR) is 119 cm³/mol. The molecule has 3 aromatic rings. The molecular formula is C21H18Cl2N2O4S. The lowest BCUT2D eigenvalue weighted by atomic mass is 10.3. The number of nitrogens with one attached hydrogen (secondary N) is 1. The van der Waals surface area contributed by atoms with Crippen molar-refractivity contribution >= 4 is 50.5 Å². The number of hydrogen-bond donors (Lipinski definition) is 1. The largest absolute Gasteiger partial charge is 0.495 e. The van der Waals surface area contributed by atoms with Crippen LogP contribution in [0.1, 0.15) is 0 Å². The Bertz CT molecular complexity index is 1140. The molecule has 0 fully saturated rings. The summed E-state index contributed by atoms with van der Waals surface area (Å²) in [5.74, 6) is -0.165. The zero-order valence-electron chi connectivity index (χ0n) is 15.9. The monoisotopic (exact) mass is 464 g/mol. The van der Waals surface area contributed by atoms with Crippen LogP contribution < -0.4 is 14.4 Å². The maximum Gasteiger partial charge on any atom is 0.264 e. The van der Waals surface area contributed by atoms with E-state index in [9.17, 15) is 13.2 Å². The van der Waals surface area contributed by atoms with Crippen LogP contribution >= 0.6 is 23.2 Å². The van der Waals surface area contributed by atoms with Crippen molar-refractivity contribution < 1.29 is 17.9 Å². The number of hydrogen-bond acceptors (Lipinski definition) is 4. The Morgan fingerprint density at radius 3 is 2.23 bits per heavy atom. The van der Waals surface area contributed by atoms with Gasteiger partial charge in [-0.15, -0.1) is 0 Å². The summed E-state index contributed by atoms with van der Waals surface area (Å²) in [4.78, 5) is 12.8. The number of carbonyl (C=O) groups excluding carboxylic acids is 1. The third-order valence-corrected chi connectivity index (χ3v) is 6.44. The Morgan fingerprint density at radius 2 is 1.60 bits per heavy atom. The summed E-state index contributed by atoms with van der Waals surface area (Å²) in [6, 6.07) is 18.8. The van der Waals surface area contributed by atoms with Gasteiger partial charge in [0.15, 0.2) is 0 Å². The number of ether oxygens (including phenoxy) is 1. The number of halogens is 2. The van der Waals surface area contributed by atoms with Gasteiger partial charge in [-0.3, -0.25) is 9.10 Å². The van der Waals surface area contributed by atoms with Gasteiger partial charge >= 0.3 is 0 Å². The van der Waals surface area contributed by atoms with E-state index in [2.05, 4.69) is 5.32 Å². The maximum atomic E-state index is 13.3. The van der Waals surface area contributed by atoms with Crippen molar-refractivity contribution in [3.8, 4) is 5.75 Å². The minimum atomic E-state index is -4.01. The van der Waals surface area contributed by atoms with E-state index in [4.69, 9.17) is 27.9 Å². The third kappa shape index (κ3) is 5.05. The number of methoxy groups -OCH3 is 1. The predicted octanol–water partition coefficient (Wildman–Crippen LogP) is 4.84. The SMILES string of the molecule is COc1ccc(Cl)cc1NC(=O)CN(c1ccc(Cl)cc1)S(=O)(=O)c1ccccc1. The fourth-order valence-corrected chi connectivity index (χ4v) is 4.48. The molecule has 156 valence electrons. The first-order chi connectivity index (χ1) is 14.3. The van der Waals surface area contributed by atoms with Gasteiger partial charge in [-0.1, -0.05) is 41.4 Å². The highest BCUT2D eigenvalue weighted by atomic mass is 35.5. The quantitative estimate of drug-likeness (QED) is 0.542. The molecule has 0 spiro atoms. The van der Waals surface area contributed by atoms with Crippen molar-refractivity contribution in [1.82, 2.24) is 0 Å². The van der Waals surface area contributed by atoms with Crippen molar-refractivity contribution in [2.45, 2.75) is 4.90 Å². The van der Waals surface area contributed by atoms with Crippen LogP contribution in [0.4, 0.5) is 11.4 Å². The average molecular weight is 465 g/mol. The number of rotatable bonds is 7. The number of carbonyl (C=O) groups is 1. The highest BCUT2D eigenvalue weighted by molar-refractivity contribution is 7.92. The molecule has 30 heavy (non-hydrogen) atoms. The molecule has 3 aromatic carbocycles. The topological polar surface area (TPSA) is 75.7 Å². The molecule has 0 unspecified atom stereocenters. The van der Waals surface area contributed by atoms with E-state index in [-0.39, 0.29) is 4.90 Å². The van der Waals surface area contributed by atoms with Gasteiger partial charge in [0, 0.05) is 10.0 Å². The Kier molecular flexibility index (Phi) is 6.87. The van der Waals surface area contributed by atoms with Crippen LogP contribution in [-0.2, 0) is 14.8 Å². The van der Waals surface area contributed by atoms with E-state index < -0.39 is 22.5 Å². The van der Waals surface area contributed by atoms with Crippen LogP contribution in [0.5, 0.6) is 5.75 Å². The molecule has 0 aromatic heterocycles. The molecule has 9 heteroatoms. The summed E-state index contributed by atoms with van der Waals surface area (Å²) in [6.45, 7) is -0.464. The second-order valence-electron chi connectivity index (χ2n) is 6.19. The van der Waals surface area contributed by atoms with Gasteiger partial charge in [0.05, 0.1) is 23.4 Å². The van der Waals surface area contributed by atoms with Crippen LogP contribution in [0.15, 0.2) is 77.7 Å². The van der Waals surface area contributed by atoms with Crippen molar-refractivity contribution in [2.24, 2.45) is 0 Å². The van der Waals surface area contributed by atoms with Gasteiger partial charge < -0.3 is 10.1 Å². The number of benzene rings is 3. The van der Waals surface area contributed by atoms with Crippen molar-refractivity contribution in [2.75, 3.05) is 23.3 Å². The van der Waals surface area contributed by atoms with Gasteiger partial charge in [-0.05, 0) is 54.6 Å². The highest BCUT2D eigenvalue weighted by Gasteiger charge is 2.27. The second-order valence-corrected chi connectivity index (χ2v) is 8.93. The first-order valence-electron chi connectivity index (χ1n) is 8.78. The fourth-order valence-electron chi connectivity index (χ4n) is 2.74. The smallest absolute Gasteiger partial charge is 0.264 e. The molecule has 0 aliphatic heterocycles. The van der Waals surface area contributed by atoms with Crippen molar-refractivity contribution in [3.63, 3.8) is 0 Å². The van der Waals surface area contributed by atoms with Gasteiger partial charge in [0.2, 0.25) is 5.91 Å². The summed E-state index contributed by atoms with van der Waals surface area (Å²) in [5.41, 5.74) is 0.639. The summed E-state index contributed by atoms with van der Waals surface area (Å²) >= 11 is 11.9. The zero-order valence-corrected chi connectivity index (χ0v) is 18.2. The molecule has 0 bridgehead atoms. The Hall–Kier alpha value is -2.74. The highest BCUT2D eigenvalue weighted by Crippen LogP contribution is 2.29. The third-order valence-electron chi connectivity index (χ3n) is 4.17. The molecule has 0 radical (unpaired) electrons. The molecular weight excluding hydrogens is 447 g/mol. The van der Waals surface area contributed by atoms with Crippen molar-refractivity contribution in [3.05, 3.63) is 82.8 Å². The first kappa shape index (κ1) is 22.0. The minimum absolute atomic E-state index is 0.0630.